The van der Waals surface area contributed by atoms with Crippen LogP contribution in [0.25, 0.3) is 0 Å². The van der Waals surface area contributed by atoms with Crippen molar-refractivity contribution in [3.8, 4) is 0 Å². The number of piperidine rings is 1. The average Bonchev–Trinajstić information content (AvgIpc) is 2.86. The zero-order valence-electron chi connectivity index (χ0n) is 12.3. The van der Waals surface area contributed by atoms with Crippen LogP contribution in [0.4, 0.5) is 0 Å². The van der Waals surface area contributed by atoms with Crippen LogP contribution < -0.4 is 0 Å². The average molecular weight is 344 g/mol. The van der Waals surface area contributed by atoms with Crippen LogP contribution in [0.1, 0.15) is 33.6 Å². The van der Waals surface area contributed by atoms with E-state index in [0.29, 0.717) is 13.2 Å². The Bertz CT molecular complexity index is 471. The van der Waals surface area contributed by atoms with Crippen LogP contribution in [-0.4, -0.2) is 46.4 Å². The predicted octanol–water partition coefficient (Wildman–Crippen LogP) is 2.41. The minimum atomic E-state index is -0.680. The van der Waals surface area contributed by atoms with Gasteiger partial charge in [-0.3, -0.25) is 9.48 Å². The van der Waals surface area contributed by atoms with Gasteiger partial charge in [0.2, 0.25) is 5.91 Å². The summed E-state index contributed by atoms with van der Waals surface area (Å²) in [6.45, 7) is 7.97. The molecule has 112 valence electrons. The lowest BCUT2D eigenvalue weighted by molar-refractivity contribution is -0.143. The Morgan fingerprint density at radius 3 is 2.95 bits per heavy atom. The first kappa shape index (κ1) is 15.5. The molecule has 1 saturated heterocycles. The van der Waals surface area contributed by atoms with Crippen LogP contribution in [-0.2, 0) is 15.1 Å². The maximum absolute atomic E-state index is 12.8. The van der Waals surface area contributed by atoms with Gasteiger partial charge in [0.25, 0.3) is 0 Å². The van der Waals surface area contributed by atoms with Gasteiger partial charge in [-0.15, -0.1) is 0 Å². The number of hydrogen-bond acceptors (Lipinski definition) is 3. The monoisotopic (exact) mass is 343 g/mol. The van der Waals surface area contributed by atoms with Crippen molar-refractivity contribution in [2.75, 3.05) is 19.7 Å². The van der Waals surface area contributed by atoms with Crippen LogP contribution >= 0.6 is 15.9 Å². The highest BCUT2D eigenvalue weighted by molar-refractivity contribution is 9.10. The minimum absolute atomic E-state index is 0.0949. The Balaban J connectivity index is 2.09. The number of rotatable bonds is 4. The molecule has 0 aliphatic carbocycles. The SMILES string of the molecule is CCOC1CCCN(C(=O)C(C)(C)n2cc(Br)cn2)C1. The van der Waals surface area contributed by atoms with Gasteiger partial charge in [0, 0.05) is 25.9 Å². The topological polar surface area (TPSA) is 47.4 Å². The van der Waals surface area contributed by atoms with Crippen molar-refractivity contribution in [2.24, 2.45) is 0 Å². The summed E-state index contributed by atoms with van der Waals surface area (Å²) in [7, 11) is 0. The molecule has 1 aliphatic heterocycles. The van der Waals surface area contributed by atoms with Gasteiger partial charge in [-0.25, -0.2) is 0 Å². The highest BCUT2D eigenvalue weighted by Gasteiger charge is 2.36. The number of carbonyl (C=O) groups excluding carboxylic acids is 1. The molecular formula is C14H22BrN3O2. The zero-order valence-corrected chi connectivity index (χ0v) is 13.9. The summed E-state index contributed by atoms with van der Waals surface area (Å²) in [5, 5.41) is 4.25. The molecule has 1 aromatic rings. The van der Waals surface area contributed by atoms with Gasteiger partial charge >= 0.3 is 0 Å². The standard InChI is InChI=1S/C14H22BrN3O2/c1-4-20-12-6-5-7-17(10-12)13(19)14(2,3)18-9-11(15)8-16-18/h8-9,12H,4-7,10H2,1-3H3. The van der Waals surface area contributed by atoms with Crippen molar-refractivity contribution in [3.05, 3.63) is 16.9 Å². The molecule has 1 unspecified atom stereocenters. The fraction of sp³-hybridized carbons (Fsp3) is 0.714. The molecule has 5 nitrogen and oxygen atoms in total. The van der Waals surface area contributed by atoms with Gasteiger partial charge < -0.3 is 9.64 Å². The molecule has 2 heterocycles. The summed E-state index contributed by atoms with van der Waals surface area (Å²) in [5.74, 6) is 0.0949. The second-order valence-corrected chi connectivity index (χ2v) is 6.55. The maximum atomic E-state index is 12.8. The molecule has 6 heteroatoms. The number of nitrogens with zero attached hydrogens (tertiary/aromatic N) is 3. The lowest BCUT2D eigenvalue weighted by Gasteiger charge is -2.37. The van der Waals surface area contributed by atoms with Crippen molar-refractivity contribution in [3.63, 3.8) is 0 Å². The van der Waals surface area contributed by atoms with Gasteiger partial charge in [-0.2, -0.15) is 5.10 Å². The summed E-state index contributed by atoms with van der Waals surface area (Å²) in [6, 6.07) is 0. The Labute approximate surface area is 128 Å². The number of halogens is 1. The van der Waals surface area contributed by atoms with E-state index in [0.717, 1.165) is 23.9 Å². The normalized spacial score (nSPS) is 20.2. The summed E-state index contributed by atoms with van der Waals surface area (Å²) >= 11 is 3.37. The molecule has 0 radical (unpaired) electrons. The summed E-state index contributed by atoms with van der Waals surface area (Å²) in [5.41, 5.74) is -0.680. The van der Waals surface area contributed by atoms with Crippen LogP contribution in [0, 0.1) is 0 Å². The second kappa shape index (κ2) is 6.26. The van der Waals surface area contributed by atoms with Gasteiger partial charge in [0.1, 0.15) is 5.54 Å². The van der Waals surface area contributed by atoms with E-state index in [1.807, 2.05) is 31.9 Å². The van der Waals surface area contributed by atoms with Crippen molar-refractivity contribution in [2.45, 2.75) is 45.3 Å². The first-order valence-corrected chi connectivity index (χ1v) is 7.86. The highest BCUT2D eigenvalue weighted by atomic mass is 79.9. The lowest BCUT2D eigenvalue weighted by atomic mass is 10.0. The van der Waals surface area contributed by atoms with E-state index in [1.165, 1.54) is 0 Å². The quantitative estimate of drug-likeness (QED) is 0.843. The Morgan fingerprint density at radius 1 is 1.60 bits per heavy atom. The molecule has 1 atom stereocenters. The van der Waals surface area contributed by atoms with Crippen molar-refractivity contribution < 1.29 is 9.53 Å². The minimum Gasteiger partial charge on any atom is -0.377 e. The van der Waals surface area contributed by atoms with Gasteiger partial charge in [0.05, 0.1) is 16.8 Å². The first-order valence-electron chi connectivity index (χ1n) is 7.06. The molecule has 0 spiro atoms. The third-order valence-electron chi connectivity index (χ3n) is 3.71. The number of ether oxygens (including phenoxy) is 1. The van der Waals surface area contributed by atoms with Gasteiger partial charge in [0.15, 0.2) is 0 Å². The lowest BCUT2D eigenvalue weighted by Crippen LogP contribution is -2.52. The molecule has 0 saturated carbocycles. The van der Waals surface area contributed by atoms with E-state index in [-0.39, 0.29) is 12.0 Å². The fourth-order valence-electron chi connectivity index (χ4n) is 2.59. The van der Waals surface area contributed by atoms with Crippen molar-refractivity contribution in [1.82, 2.24) is 14.7 Å². The van der Waals surface area contributed by atoms with E-state index in [4.69, 9.17) is 4.74 Å². The predicted molar refractivity (Wildman–Crippen MR) is 80.5 cm³/mol. The molecule has 1 aliphatic rings. The Kier molecular flexibility index (Phi) is 4.86. The van der Waals surface area contributed by atoms with E-state index in [1.54, 1.807) is 10.9 Å². The summed E-state index contributed by atoms with van der Waals surface area (Å²) in [4.78, 5) is 14.7. The summed E-state index contributed by atoms with van der Waals surface area (Å²) < 4.78 is 8.25. The van der Waals surface area contributed by atoms with E-state index in [9.17, 15) is 4.79 Å². The number of likely N-dealkylation sites (tertiary alicyclic amines) is 1. The molecule has 1 aromatic heterocycles. The van der Waals surface area contributed by atoms with E-state index < -0.39 is 5.54 Å². The summed E-state index contributed by atoms with van der Waals surface area (Å²) in [6.07, 6.45) is 5.73. The van der Waals surface area contributed by atoms with E-state index in [2.05, 4.69) is 21.0 Å². The molecule has 0 N–H and O–H groups in total. The van der Waals surface area contributed by atoms with E-state index >= 15 is 0 Å². The molecule has 0 bridgehead atoms. The number of amides is 1. The molecule has 1 fully saturated rings. The Hall–Kier alpha value is -0.880. The largest absolute Gasteiger partial charge is 0.377 e. The smallest absolute Gasteiger partial charge is 0.250 e. The molecule has 2 rings (SSSR count). The molecule has 0 aromatic carbocycles. The van der Waals surface area contributed by atoms with Crippen LogP contribution in [0.2, 0.25) is 0 Å². The van der Waals surface area contributed by atoms with Gasteiger partial charge in [-0.05, 0) is 49.5 Å². The fourth-order valence-corrected chi connectivity index (χ4v) is 2.87. The third-order valence-corrected chi connectivity index (χ3v) is 4.12. The first-order chi connectivity index (χ1) is 9.45. The van der Waals surface area contributed by atoms with Crippen LogP contribution in [0.5, 0.6) is 0 Å². The number of aromatic nitrogens is 2. The van der Waals surface area contributed by atoms with Crippen LogP contribution in [0.15, 0.2) is 16.9 Å². The molecular weight excluding hydrogens is 322 g/mol. The van der Waals surface area contributed by atoms with Crippen molar-refractivity contribution >= 4 is 21.8 Å². The zero-order chi connectivity index (χ0) is 14.8. The van der Waals surface area contributed by atoms with Crippen LogP contribution in [0.3, 0.4) is 0 Å². The number of hydrogen-bond donors (Lipinski definition) is 0. The third kappa shape index (κ3) is 3.23. The van der Waals surface area contributed by atoms with Gasteiger partial charge in [-0.1, -0.05) is 0 Å². The molecule has 20 heavy (non-hydrogen) atoms. The molecule has 1 amide bonds. The second-order valence-electron chi connectivity index (χ2n) is 5.63. The Morgan fingerprint density at radius 2 is 2.35 bits per heavy atom. The van der Waals surface area contributed by atoms with Crippen molar-refractivity contribution in [1.29, 1.82) is 0 Å². The highest BCUT2D eigenvalue weighted by Crippen LogP contribution is 2.23. The maximum Gasteiger partial charge on any atom is 0.250 e. The number of carbonyl (C=O) groups is 1.